The second-order valence-electron chi connectivity index (χ2n) is 6.79. The van der Waals surface area contributed by atoms with Crippen LogP contribution in [-0.2, 0) is 19.9 Å². The van der Waals surface area contributed by atoms with Crippen LogP contribution in [0.2, 0.25) is 0 Å². The lowest BCUT2D eigenvalue weighted by atomic mass is 10.0. The van der Waals surface area contributed by atoms with Gasteiger partial charge in [0.15, 0.2) is 5.65 Å². The van der Waals surface area contributed by atoms with Crippen molar-refractivity contribution in [2.45, 2.75) is 12.8 Å². The highest BCUT2D eigenvalue weighted by Gasteiger charge is 2.24. The van der Waals surface area contributed by atoms with E-state index >= 15 is 0 Å². The standard InChI is InChI=1S/C19H20N8/c1-26-16(12-5-3-2-4-6-12)13-7-9-27(10-8-15(13)25-26)18-14-11-21-24-17(14)22-19(20)23-18/h2-6,11H,7-10H2,1H3,(H3,20,21,22,23,24). The van der Waals surface area contributed by atoms with Gasteiger partial charge in [-0.25, -0.2) is 0 Å². The van der Waals surface area contributed by atoms with E-state index in [4.69, 9.17) is 10.8 Å². The summed E-state index contributed by atoms with van der Waals surface area (Å²) < 4.78 is 2.01. The SMILES string of the molecule is Cn1nc2c(c1-c1ccccc1)CCN(c1nc(N)nc3[nH]ncc13)CC2. The molecule has 0 atom stereocenters. The Balaban J connectivity index is 1.52. The summed E-state index contributed by atoms with van der Waals surface area (Å²) in [6, 6.07) is 10.4. The molecule has 0 saturated carbocycles. The Bertz CT molecular complexity index is 1110. The van der Waals surface area contributed by atoms with Crippen LogP contribution in [0.3, 0.4) is 0 Å². The summed E-state index contributed by atoms with van der Waals surface area (Å²) in [6.45, 7) is 1.67. The molecule has 0 fully saturated rings. The Labute approximate surface area is 156 Å². The molecule has 0 bridgehead atoms. The Morgan fingerprint density at radius 1 is 1.07 bits per heavy atom. The third kappa shape index (κ3) is 2.61. The number of aromatic nitrogens is 6. The largest absolute Gasteiger partial charge is 0.368 e. The van der Waals surface area contributed by atoms with E-state index in [2.05, 4.69) is 49.3 Å². The maximum absolute atomic E-state index is 5.90. The summed E-state index contributed by atoms with van der Waals surface area (Å²) in [5.41, 5.74) is 11.4. The van der Waals surface area contributed by atoms with Crippen LogP contribution >= 0.6 is 0 Å². The van der Waals surface area contributed by atoms with Gasteiger partial charge in [-0.1, -0.05) is 30.3 Å². The van der Waals surface area contributed by atoms with Gasteiger partial charge >= 0.3 is 0 Å². The lowest BCUT2D eigenvalue weighted by molar-refractivity contribution is 0.726. The smallest absolute Gasteiger partial charge is 0.224 e. The van der Waals surface area contributed by atoms with Gasteiger partial charge < -0.3 is 10.6 Å². The Hall–Kier alpha value is -3.42. The number of anilines is 2. The van der Waals surface area contributed by atoms with Crippen molar-refractivity contribution < 1.29 is 0 Å². The summed E-state index contributed by atoms with van der Waals surface area (Å²) >= 11 is 0. The molecule has 5 rings (SSSR count). The van der Waals surface area contributed by atoms with Crippen LogP contribution in [0.1, 0.15) is 11.3 Å². The first-order chi connectivity index (χ1) is 13.2. The van der Waals surface area contributed by atoms with Gasteiger partial charge in [0.2, 0.25) is 5.95 Å². The molecule has 0 radical (unpaired) electrons. The van der Waals surface area contributed by atoms with E-state index < -0.39 is 0 Å². The second-order valence-corrected chi connectivity index (χ2v) is 6.79. The lowest BCUT2D eigenvalue weighted by Gasteiger charge is -2.22. The van der Waals surface area contributed by atoms with Crippen molar-refractivity contribution in [3.8, 4) is 11.3 Å². The number of aromatic amines is 1. The molecular weight excluding hydrogens is 340 g/mol. The minimum absolute atomic E-state index is 0.257. The van der Waals surface area contributed by atoms with E-state index in [1.165, 1.54) is 16.8 Å². The van der Waals surface area contributed by atoms with Crippen LogP contribution in [0.5, 0.6) is 0 Å². The summed E-state index contributed by atoms with van der Waals surface area (Å²) in [7, 11) is 2.02. The molecule has 0 unspecified atom stereocenters. The minimum Gasteiger partial charge on any atom is -0.368 e. The number of H-pyrrole nitrogens is 1. The number of hydrogen-bond donors (Lipinski definition) is 2. The number of rotatable bonds is 2. The van der Waals surface area contributed by atoms with Crippen LogP contribution in [0.15, 0.2) is 36.5 Å². The number of fused-ring (bicyclic) bond motifs is 2. The fourth-order valence-electron chi connectivity index (χ4n) is 3.93. The number of nitrogens with two attached hydrogens (primary N) is 1. The van der Waals surface area contributed by atoms with E-state index in [9.17, 15) is 0 Å². The predicted molar refractivity (Wildman–Crippen MR) is 104 cm³/mol. The average molecular weight is 360 g/mol. The predicted octanol–water partition coefficient (Wildman–Crippen LogP) is 1.94. The number of nitrogen functional groups attached to an aromatic ring is 1. The van der Waals surface area contributed by atoms with Crippen molar-refractivity contribution in [2.75, 3.05) is 23.7 Å². The van der Waals surface area contributed by atoms with Crippen molar-refractivity contribution in [1.82, 2.24) is 29.9 Å². The first-order valence-corrected chi connectivity index (χ1v) is 9.02. The van der Waals surface area contributed by atoms with Gasteiger partial charge in [0.1, 0.15) is 5.82 Å². The van der Waals surface area contributed by atoms with Gasteiger partial charge in [0.25, 0.3) is 0 Å². The topological polar surface area (TPSA) is 102 Å². The van der Waals surface area contributed by atoms with E-state index in [0.29, 0.717) is 5.65 Å². The molecule has 3 aromatic heterocycles. The van der Waals surface area contributed by atoms with Gasteiger partial charge in [-0.2, -0.15) is 20.2 Å². The Morgan fingerprint density at radius 3 is 2.74 bits per heavy atom. The number of aryl methyl sites for hydroxylation is 1. The molecule has 1 aromatic carbocycles. The van der Waals surface area contributed by atoms with Crippen LogP contribution in [0.4, 0.5) is 11.8 Å². The van der Waals surface area contributed by atoms with Gasteiger partial charge in [-0.05, 0) is 6.42 Å². The molecule has 4 aromatic rings. The number of nitrogens with one attached hydrogen (secondary N) is 1. The lowest BCUT2D eigenvalue weighted by Crippen LogP contribution is -2.27. The maximum Gasteiger partial charge on any atom is 0.224 e. The van der Waals surface area contributed by atoms with E-state index in [-0.39, 0.29) is 5.95 Å². The molecule has 0 saturated heterocycles. The molecule has 0 aliphatic carbocycles. The number of hydrogen-bond acceptors (Lipinski definition) is 6. The van der Waals surface area contributed by atoms with Gasteiger partial charge in [0.05, 0.1) is 23.0 Å². The van der Waals surface area contributed by atoms with Gasteiger partial charge in [-0.3, -0.25) is 9.78 Å². The van der Waals surface area contributed by atoms with Crippen LogP contribution in [-0.4, -0.2) is 43.0 Å². The van der Waals surface area contributed by atoms with Gasteiger partial charge in [0, 0.05) is 37.7 Å². The fourth-order valence-corrected chi connectivity index (χ4v) is 3.93. The first kappa shape index (κ1) is 15.8. The number of nitrogens with zero attached hydrogens (tertiary/aromatic N) is 6. The quantitative estimate of drug-likeness (QED) is 0.566. The highest BCUT2D eigenvalue weighted by atomic mass is 15.3. The molecule has 3 N–H and O–H groups in total. The van der Waals surface area contributed by atoms with Crippen molar-refractivity contribution in [3.63, 3.8) is 0 Å². The minimum atomic E-state index is 0.257. The second kappa shape index (κ2) is 6.08. The first-order valence-electron chi connectivity index (χ1n) is 9.02. The van der Waals surface area contributed by atoms with Crippen LogP contribution in [0, 0.1) is 0 Å². The van der Waals surface area contributed by atoms with E-state index in [1.807, 2.05) is 17.8 Å². The molecule has 8 heteroatoms. The molecular formula is C19H20N8. The summed E-state index contributed by atoms with van der Waals surface area (Å²) in [4.78, 5) is 11.0. The molecule has 8 nitrogen and oxygen atoms in total. The Morgan fingerprint density at radius 2 is 1.89 bits per heavy atom. The molecule has 1 aliphatic heterocycles. The normalized spacial score (nSPS) is 14.3. The van der Waals surface area contributed by atoms with Gasteiger partial charge in [-0.15, -0.1) is 0 Å². The highest BCUT2D eigenvalue weighted by molar-refractivity contribution is 5.87. The van der Waals surface area contributed by atoms with Crippen molar-refractivity contribution in [2.24, 2.45) is 7.05 Å². The van der Waals surface area contributed by atoms with E-state index in [0.717, 1.165) is 42.8 Å². The van der Waals surface area contributed by atoms with Crippen molar-refractivity contribution in [3.05, 3.63) is 47.8 Å². The molecule has 27 heavy (non-hydrogen) atoms. The molecule has 136 valence electrons. The molecule has 0 amide bonds. The summed E-state index contributed by atoms with van der Waals surface area (Å²) in [5.74, 6) is 1.09. The van der Waals surface area contributed by atoms with E-state index in [1.54, 1.807) is 6.20 Å². The molecule has 0 spiro atoms. The van der Waals surface area contributed by atoms with Crippen molar-refractivity contribution in [1.29, 1.82) is 0 Å². The summed E-state index contributed by atoms with van der Waals surface area (Å²) in [6.07, 6.45) is 3.52. The van der Waals surface area contributed by atoms with Crippen LogP contribution in [0.25, 0.3) is 22.3 Å². The van der Waals surface area contributed by atoms with Crippen LogP contribution < -0.4 is 10.6 Å². The molecule has 4 heterocycles. The maximum atomic E-state index is 5.90. The third-order valence-electron chi connectivity index (χ3n) is 5.13. The zero-order chi connectivity index (χ0) is 18.4. The zero-order valence-corrected chi connectivity index (χ0v) is 15.1. The summed E-state index contributed by atoms with van der Waals surface area (Å²) in [5, 5.41) is 12.7. The zero-order valence-electron chi connectivity index (χ0n) is 15.1. The van der Waals surface area contributed by atoms with Crippen molar-refractivity contribution >= 4 is 22.8 Å². The molecule has 1 aliphatic rings. The fraction of sp³-hybridized carbons (Fsp3) is 0.263. The monoisotopic (exact) mass is 360 g/mol. The number of benzene rings is 1. The highest BCUT2D eigenvalue weighted by Crippen LogP contribution is 2.31. The third-order valence-corrected chi connectivity index (χ3v) is 5.13. The average Bonchev–Trinajstić information content (AvgIpc) is 3.20. The Kier molecular flexibility index (Phi) is 3.56.